The molecule has 5 heteroatoms. The Morgan fingerprint density at radius 3 is 2.74 bits per heavy atom. The number of hydrogen-bond donors (Lipinski definition) is 1. The molecule has 0 amide bonds. The lowest BCUT2D eigenvalue weighted by Crippen LogP contribution is -2.32. The van der Waals surface area contributed by atoms with Crippen LogP contribution >= 0.6 is 0 Å². The van der Waals surface area contributed by atoms with Crippen molar-refractivity contribution in [3.63, 3.8) is 0 Å². The normalized spacial score (nSPS) is 14.3. The highest BCUT2D eigenvalue weighted by atomic mass is 19.1. The monoisotopic (exact) mass is 263 g/mol. The van der Waals surface area contributed by atoms with E-state index in [0.717, 1.165) is 0 Å². The SMILES string of the molecule is CCn1ncnc1CC(C)(O)Cc1ccccc1F. The Labute approximate surface area is 111 Å². The van der Waals surface area contributed by atoms with Crippen LogP contribution < -0.4 is 0 Å². The molecule has 2 aromatic rings. The van der Waals surface area contributed by atoms with Crippen LogP contribution in [0.25, 0.3) is 0 Å². The van der Waals surface area contributed by atoms with Gasteiger partial charge in [0.1, 0.15) is 18.0 Å². The number of halogens is 1. The first-order valence-electron chi connectivity index (χ1n) is 6.34. The van der Waals surface area contributed by atoms with E-state index in [0.29, 0.717) is 24.4 Å². The molecular formula is C14H18FN3O. The zero-order valence-electron chi connectivity index (χ0n) is 11.2. The van der Waals surface area contributed by atoms with E-state index in [-0.39, 0.29) is 12.2 Å². The van der Waals surface area contributed by atoms with E-state index in [1.54, 1.807) is 29.8 Å². The maximum Gasteiger partial charge on any atom is 0.138 e. The molecule has 0 bridgehead atoms. The van der Waals surface area contributed by atoms with Gasteiger partial charge in [-0.2, -0.15) is 5.10 Å². The number of benzene rings is 1. The predicted molar refractivity (Wildman–Crippen MR) is 70.1 cm³/mol. The van der Waals surface area contributed by atoms with Crippen molar-refractivity contribution in [3.8, 4) is 0 Å². The minimum absolute atomic E-state index is 0.246. The fourth-order valence-corrected chi connectivity index (χ4v) is 2.14. The van der Waals surface area contributed by atoms with Gasteiger partial charge in [0.15, 0.2) is 0 Å². The molecule has 1 N–H and O–H groups in total. The van der Waals surface area contributed by atoms with Crippen LogP contribution in [0.2, 0.25) is 0 Å². The van der Waals surface area contributed by atoms with Crippen molar-refractivity contribution in [1.82, 2.24) is 14.8 Å². The summed E-state index contributed by atoms with van der Waals surface area (Å²) in [6.45, 7) is 4.35. The maximum absolute atomic E-state index is 13.6. The summed E-state index contributed by atoms with van der Waals surface area (Å²) >= 11 is 0. The highest BCUT2D eigenvalue weighted by Gasteiger charge is 2.25. The van der Waals surface area contributed by atoms with Crippen LogP contribution in [0.3, 0.4) is 0 Å². The van der Waals surface area contributed by atoms with E-state index < -0.39 is 5.60 Å². The van der Waals surface area contributed by atoms with Crippen LogP contribution in [0.4, 0.5) is 4.39 Å². The molecule has 0 fully saturated rings. The molecule has 1 unspecified atom stereocenters. The molecule has 1 aromatic carbocycles. The summed E-state index contributed by atoms with van der Waals surface area (Å²) in [6, 6.07) is 6.50. The van der Waals surface area contributed by atoms with Crippen LogP contribution in [0, 0.1) is 5.82 Å². The second-order valence-electron chi connectivity index (χ2n) is 4.93. The molecule has 1 heterocycles. The Kier molecular flexibility index (Phi) is 3.95. The molecule has 1 aromatic heterocycles. The number of aryl methyl sites for hydroxylation is 1. The van der Waals surface area contributed by atoms with Gasteiger partial charge in [-0.1, -0.05) is 18.2 Å². The molecule has 0 radical (unpaired) electrons. The van der Waals surface area contributed by atoms with Crippen LogP contribution in [-0.4, -0.2) is 25.5 Å². The third kappa shape index (κ3) is 3.38. The zero-order chi connectivity index (χ0) is 13.9. The van der Waals surface area contributed by atoms with Crippen LogP contribution in [-0.2, 0) is 19.4 Å². The fourth-order valence-electron chi connectivity index (χ4n) is 2.14. The van der Waals surface area contributed by atoms with Gasteiger partial charge in [0.05, 0.1) is 5.60 Å². The van der Waals surface area contributed by atoms with E-state index in [4.69, 9.17) is 0 Å². The molecule has 0 saturated carbocycles. The Morgan fingerprint density at radius 1 is 1.32 bits per heavy atom. The first-order valence-corrected chi connectivity index (χ1v) is 6.34. The summed E-state index contributed by atoms with van der Waals surface area (Å²) in [4.78, 5) is 4.13. The molecule has 0 aliphatic carbocycles. The van der Waals surface area contributed by atoms with Crippen LogP contribution in [0.15, 0.2) is 30.6 Å². The molecular weight excluding hydrogens is 245 g/mol. The summed E-state index contributed by atoms with van der Waals surface area (Å²) in [5.41, 5.74) is -0.544. The van der Waals surface area contributed by atoms with Gasteiger partial charge in [-0.05, 0) is 25.5 Å². The van der Waals surface area contributed by atoms with Crippen molar-refractivity contribution < 1.29 is 9.50 Å². The number of aromatic nitrogens is 3. The minimum Gasteiger partial charge on any atom is -0.389 e. The molecule has 0 aliphatic rings. The summed E-state index contributed by atoms with van der Waals surface area (Å²) in [5, 5.41) is 14.5. The highest BCUT2D eigenvalue weighted by Crippen LogP contribution is 2.19. The molecule has 0 aliphatic heterocycles. The van der Waals surface area contributed by atoms with Crippen LogP contribution in [0.5, 0.6) is 0 Å². The number of nitrogens with zero attached hydrogens (tertiary/aromatic N) is 3. The summed E-state index contributed by atoms with van der Waals surface area (Å²) in [5.74, 6) is 0.420. The molecule has 4 nitrogen and oxygen atoms in total. The smallest absolute Gasteiger partial charge is 0.138 e. The van der Waals surface area contributed by atoms with Crippen molar-refractivity contribution >= 4 is 0 Å². The summed E-state index contributed by atoms with van der Waals surface area (Å²) in [7, 11) is 0. The topological polar surface area (TPSA) is 50.9 Å². The third-order valence-corrected chi connectivity index (χ3v) is 3.06. The van der Waals surface area contributed by atoms with E-state index in [9.17, 15) is 9.50 Å². The molecule has 19 heavy (non-hydrogen) atoms. The zero-order valence-corrected chi connectivity index (χ0v) is 11.2. The van der Waals surface area contributed by atoms with Gasteiger partial charge in [-0.25, -0.2) is 9.37 Å². The average Bonchev–Trinajstić information content (AvgIpc) is 2.78. The van der Waals surface area contributed by atoms with Gasteiger partial charge in [0, 0.05) is 19.4 Å². The number of rotatable bonds is 5. The maximum atomic E-state index is 13.6. The lowest BCUT2D eigenvalue weighted by Gasteiger charge is -2.23. The van der Waals surface area contributed by atoms with Crippen molar-refractivity contribution in [2.24, 2.45) is 0 Å². The van der Waals surface area contributed by atoms with Gasteiger partial charge >= 0.3 is 0 Å². The summed E-state index contributed by atoms with van der Waals surface area (Å²) in [6.07, 6.45) is 2.06. The van der Waals surface area contributed by atoms with E-state index in [2.05, 4.69) is 10.1 Å². The lowest BCUT2D eigenvalue weighted by molar-refractivity contribution is 0.0567. The second-order valence-corrected chi connectivity index (χ2v) is 4.93. The molecule has 0 saturated heterocycles. The van der Waals surface area contributed by atoms with Crippen molar-refractivity contribution in [3.05, 3.63) is 47.8 Å². The van der Waals surface area contributed by atoms with Crippen molar-refractivity contribution in [2.45, 2.75) is 38.8 Å². The molecule has 1 atom stereocenters. The second kappa shape index (κ2) is 5.48. The van der Waals surface area contributed by atoms with Gasteiger partial charge < -0.3 is 5.11 Å². The van der Waals surface area contributed by atoms with Gasteiger partial charge in [0.2, 0.25) is 0 Å². The van der Waals surface area contributed by atoms with Crippen molar-refractivity contribution in [2.75, 3.05) is 0 Å². The Bertz CT molecular complexity index is 551. The largest absolute Gasteiger partial charge is 0.389 e. The Morgan fingerprint density at radius 2 is 2.05 bits per heavy atom. The molecule has 0 spiro atoms. The lowest BCUT2D eigenvalue weighted by atomic mass is 9.92. The van der Waals surface area contributed by atoms with Gasteiger partial charge in [-0.15, -0.1) is 0 Å². The first kappa shape index (κ1) is 13.7. The minimum atomic E-state index is -1.05. The average molecular weight is 263 g/mol. The van der Waals surface area contributed by atoms with Crippen LogP contribution in [0.1, 0.15) is 25.2 Å². The van der Waals surface area contributed by atoms with E-state index in [1.807, 2.05) is 6.92 Å². The quantitative estimate of drug-likeness (QED) is 0.897. The molecule has 2 rings (SSSR count). The van der Waals surface area contributed by atoms with Gasteiger partial charge in [-0.3, -0.25) is 4.68 Å². The predicted octanol–water partition coefficient (Wildman–Crippen LogP) is 1.97. The Balaban J connectivity index is 2.13. The van der Waals surface area contributed by atoms with Gasteiger partial charge in [0.25, 0.3) is 0 Å². The Hall–Kier alpha value is -1.75. The number of hydrogen-bond acceptors (Lipinski definition) is 3. The number of aliphatic hydroxyl groups is 1. The van der Waals surface area contributed by atoms with Crippen molar-refractivity contribution in [1.29, 1.82) is 0 Å². The third-order valence-electron chi connectivity index (χ3n) is 3.06. The highest BCUT2D eigenvalue weighted by molar-refractivity contribution is 5.19. The standard InChI is InChI=1S/C14H18FN3O/c1-3-18-13(16-10-17-18)9-14(2,19)8-11-6-4-5-7-12(11)15/h4-7,10,19H,3,8-9H2,1-2H3. The van der Waals surface area contributed by atoms with E-state index >= 15 is 0 Å². The van der Waals surface area contributed by atoms with E-state index in [1.165, 1.54) is 12.4 Å². The summed E-state index contributed by atoms with van der Waals surface area (Å²) < 4.78 is 15.3. The first-order chi connectivity index (χ1) is 9.02. The molecule has 102 valence electrons. The fraction of sp³-hybridized carbons (Fsp3) is 0.429.